The predicted molar refractivity (Wildman–Crippen MR) is 85.5 cm³/mol. The molecule has 1 aliphatic carbocycles. The van der Waals surface area contributed by atoms with Gasteiger partial charge < -0.3 is 10.2 Å². The van der Waals surface area contributed by atoms with Gasteiger partial charge in [0.25, 0.3) is 0 Å². The van der Waals surface area contributed by atoms with E-state index in [9.17, 15) is 0 Å². The standard InChI is InChI=1S/C17H36N2/c1-13(2)11-17(19(5)6)12-18-16-9-7-15(8-10-16)14(3)4/h13-18H,7-12H2,1-6H3. The van der Waals surface area contributed by atoms with Crippen molar-refractivity contribution in [3.63, 3.8) is 0 Å². The number of hydrogen-bond donors (Lipinski definition) is 1. The van der Waals surface area contributed by atoms with Crippen LogP contribution in [0.4, 0.5) is 0 Å². The Morgan fingerprint density at radius 1 is 1.00 bits per heavy atom. The van der Waals surface area contributed by atoms with Gasteiger partial charge in [-0.15, -0.1) is 0 Å². The summed E-state index contributed by atoms with van der Waals surface area (Å²) in [6.07, 6.45) is 6.90. The summed E-state index contributed by atoms with van der Waals surface area (Å²) in [6.45, 7) is 10.6. The van der Waals surface area contributed by atoms with Crippen LogP contribution in [0.2, 0.25) is 0 Å². The van der Waals surface area contributed by atoms with Gasteiger partial charge in [0.15, 0.2) is 0 Å². The van der Waals surface area contributed by atoms with E-state index in [0.29, 0.717) is 6.04 Å². The molecule has 0 bridgehead atoms. The summed E-state index contributed by atoms with van der Waals surface area (Å²) in [5.74, 6) is 2.63. The molecule has 0 aliphatic heterocycles. The molecule has 0 aromatic heterocycles. The lowest BCUT2D eigenvalue weighted by Gasteiger charge is -2.34. The van der Waals surface area contributed by atoms with Crippen LogP contribution in [0.3, 0.4) is 0 Å². The lowest BCUT2D eigenvalue weighted by atomic mass is 9.79. The van der Waals surface area contributed by atoms with E-state index in [-0.39, 0.29) is 0 Å². The van der Waals surface area contributed by atoms with E-state index in [2.05, 4.69) is 52.0 Å². The Labute approximate surface area is 121 Å². The molecule has 0 saturated heterocycles. The van der Waals surface area contributed by atoms with Crippen molar-refractivity contribution in [2.45, 2.75) is 71.9 Å². The number of likely N-dealkylation sites (N-methyl/N-ethyl adjacent to an activating group) is 1. The number of nitrogens with one attached hydrogen (secondary N) is 1. The van der Waals surface area contributed by atoms with Crippen molar-refractivity contribution in [2.24, 2.45) is 17.8 Å². The molecule has 1 N–H and O–H groups in total. The van der Waals surface area contributed by atoms with Crippen molar-refractivity contribution in [2.75, 3.05) is 20.6 Å². The van der Waals surface area contributed by atoms with Crippen molar-refractivity contribution in [3.8, 4) is 0 Å². The maximum atomic E-state index is 3.83. The molecule has 114 valence electrons. The summed E-state index contributed by atoms with van der Waals surface area (Å²) in [4.78, 5) is 2.38. The van der Waals surface area contributed by atoms with Crippen LogP contribution in [-0.4, -0.2) is 37.6 Å². The monoisotopic (exact) mass is 268 g/mol. The molecular formula is C17H36N2. The maximum Gasteiger partial charge on any atom is 0.0217 e. The van der Waals surface area contributed by atoms with Gasteiger partial charge in [0.1, 0.15) is 0 Å². The summed E-state index contributed by atoms with van der Waals surface area (Å²) in [5, 5.41) is 3.83. The Hall–Kier alpha value is -0.0800. The van der Waals surface area contributed by atoms with E-state index in [1.54, 1.807) is 0 Å². The van der Waals surface area contributed by atoms with Gasteiger partial charge in [-0.1, -0.05) is 27.7 Å². The number of hydrogen-bond acceptors (Lipinski definition) is 2. The molecular weight excluding hydrogens is 232 g/mol. The predicted octanol–water partition coefficient (Wildman–Crippen LogP) is 3.77. The highest BCUT2D eigenvalue weighted by Gasteiger charge is 2.23. The van der Waals surface area contributed by atoms with Crippen molar-refractivity contribution in [1.82, 2.24) is 10.2 Å². The lowest BCUT2D eigenvalue weighted by Crippen LogP contribution is -2.44. The topological polar surface area (TPSA) is 15.3 Å². The molecule has 2 nitrogen and oxygen atoms in total. The Kier molecular flexibility index (Phi) is 7.38. The minimum absolute atomic E-state index is 0.683. The first-order valence-corrected chi connectivity index (χ1v) is 8.30. The van der Waals surface area contributed by atoms with Gasteiger partial charge in [-0.25, -0.2) is 0 Å². The molecule has 0 heterocycles. The van der Waals surface area contributed by atoms with E-state index in [4.69, 9.17) is 0 Å². The van der Waals surface area contributed by atoms with Crippen molar-refractivity contribution >= 4 is 0 Å². The third kappa shape index (κ3) is 6.27. The fourth-order valence-electron chi connectivity index (χ4n) is 3.31. The molecule has 0 spiro atoms. The zero-order valence-corrected chi connectivity index (χ0v) is 14.1. The smallest absolute Gasteiger partial charge is 0.0217 e. The second kappa shape index (κ2) is 8.26. The van der Waals surface area contributed by atoms with E-state index in [0.717, 1.165) is 30.3 Å². The van der Waals surface area contributed by atoms with Crippen molar-refractivity contribution in [1.29, 1.82) is 0 Å². The fraction of sp³-hybridized carbons (Fsp3) is 1.00. The highest BCUT2D eigenvalue weighted by atomic mass is 15.1. The summed E-state index contributed by atoms with van der Waals surface area (Å²) in [7, 11) is 4.43. The van der Waals surface area contributed by atoms with Crippen LogP contribution in [-0.2, 0) is 0 Å². The third-order valence-corrected chi connectivity index (χ3v) is 4.83. The molecule has 0 amide bonds. The quantitative estimate of drug-likeness (QED) is 0.756. The molecule has 1 fully saturated rings. The van der Waals surface area contributed by atoms with Crippen molar-refractivity contribution < 1.29 is 0 Å². The highest BCUT2D eigenvalue weighted by Crippen LogP contribution is 2.29. The average Bonchev–Trinajstić information content (AvgIpc) is 2.34. The van der Waals surface area contributed by atoms with E-state index >= 15 is 0 Å². The number of nitrogens with zero attached hydrogens (tertiary/aromatic N) is 1. The van der Waals surface area contributed by atoms with Gasteiger partial charge in [0.05, 0.1) is 0 Å². The van der Waals surface area contributed by atoms with Gasteiger partial charge in [-0.05, 0) is 64.0 Å². The molecule has 1 unspecified atom stereocenters. The van der Waals surface area contributed by atoms with Crippen LogP contribution in [0.15, 0.2) is 0 Å². The van der Waals surface area contributed by atoms with Crippen LogP contribution in [0.5, 0.6) is 0 Å². The summed E-state index contributed by atoms with van der Waals surface area (Å²) in [6, 6.07) is 1.45. The molecule has 1 saturated carbocycles. The van der Waals surface area contributed by atoms with Gasteiger partial charge in [-0.3, -0.25) is 0 Å². The first-order chi connectivity index (χ1) is 8.90. The molecule has 0 aromatic carbocycles. The minimum Gasteiger partial charge on any atom is -0.312 e. The van der Waals surface area contributed by atoms with Crippen LogP contribution in [0.25, 0.3) is 0 Å². The average molecular weight is 268 g/mol. The summed E-state index contributed by atoms with van der Waals surface area (Å²) >= 11 is 0. The number of rotatable bonds is 7. The van der Waals surface area contributed by atoms with Gasteiger partial charge >= 0.3 is 0 Å². The van der Waals surface area contributed by atoms with Gasteiger partial charge in [-0.2, -0.15) is 0 Å². The zero-order chi connectivity index (χ0) is 14.4. The van der Waals surface area contributed by atoms with Crippen LogP contribution in [0.1, 0.15) is 59.8 Å². The van der Waals surface area contributed by atoms with Crippen LogP contribution in [0, 0.1) is 17.8 Å². The Morgan fingerprint density at radius 3 is 2.00 bits per heavy atom. The Morgan fingerprint density at radius 2 is 1.58 bits per heavy atom. The SMILES string of the molecule is CC(C)CC(CNC1CCC(C(C)C)CC1)N(C)C. The molecule has 1 rings (SSSR count). The molecule has 1 aliphatic rings. The van der Waals surface area contributed by atoms with E-state index in [1.807, 2.05) is 0 Å². The second-order valence-corrected chi connectivity index (χ2v) is 7.51. The minimum atomic E-state index is 0.683. The molecule has 2 heteroatoms. The third-order valence-electron chi connectivity index (χ3n) is 4.83. The van der Waals surface area contributed by atoms with Crippen LogP contribution >= 0.6 is 0 Å². The van der Waals surface area contributed by atoms with Gasteiger partial charge in [0.2, 0.25) is 0 Å². The first kappa shape index (κ1) is 17.0. The zero-order valence-electron chi connectivity index (χ0n) is 14.1. The van der Waals surface area contributed by atoms with Crippen molar-refractivity contribution in [3.05, 3.63) is 0 Å². The Bertz CT molecular complexity index is 227. The summed E-state index contributed by atoms with van der Waals surface area (Å²) in [5.41, 5.74) is 0. The lowest BCUT2D eigenvalue weighted by molar-refractivity contribution is 0.207. The molecule has 1 atom stereocenters. The molecule has 0 aromatic rings. The fourth-order valence-corrected chi connectivity index (χ4v) is 3.31. The maximum absolute atomic E-state index is 3.83. The molecule has 19 heavy (non-hydrogen) atoms. The first-order valence-electron chi connectivity index (χ1n) is 8.30. The largest absolute Gasteiger partial charge is 0.312 e. The molecule has 0 radical (unpaired) electrons. The van der Waals surface area contributed by atoms with E-state index < -0.39 is 0 Å². The van der Waals surface area contributed by atoms with E-state index in [1.165, 1.54) is 32.1 Å². The Balaban J connectivity index is 2.28. The summed E-state index contributed by atoms with van der Waals surface area (Å²) < 4.78 is 0. The second-order valence-electron chi connectivity index (χ2n) is 7.51. The normalized spacial score (nSPS) is 26.4. The van der Waals surface area contributed by atoms with Crippen LogP contribution < -0.4 is 5.32 Å². The van der Waals surface area contributed by atoms with Gasteiger partial charge in [0, 0.05) is 18.6 Å². The highest BCUT2D eigenvalue weighted by molar-refractivity contribution is 4.81.